The molecule has 0 aromatic heterocycles. The van der Waals surface area contributed by atoms with Gasteiger partial charge < -0.3 is 10.1 Å². The van der Waals surface area contributed by atoms with Crippen LogP contribution in [-0.4, -0.2) is 18.9 Å². The molecule has 0 fully saturated rings. The van der Waals surface area contributed by atoms with Crippen molar-refractivity contribution in [2.24, 2.45) is 0 Å². The summed E-state index contributed by atoms with van der Waals surface area (Å²) in [6, 6.07) is 17.8. The average Bonchev–Trinajstić information content (AvgIpc) is 3.04. The van der Waals surface area contributed by atoms with Gasteiger partial charge >= 0.3 is 6.18 Å². The maximum absolute atomic E-state index is 13.3. The molecule has 0 atom stereocenters. The van der Waals surface area contributed by atoms with Crippen molar-refractivity contribution in [2.45, 2.75) is 13.1 Å². The quantitative estimate of drug-likeness (QED) is 0.526. The Bertz CT molecular complexity index is 1230. The summed E-state index contributed by atoms with van der Waals surface area (Å²) in [7, 11) is 1.53. The maximum Gasteiger partial charge on any atom is 0.416 e. The van der Waals surface area contributed by atoms with E-state index < -0.39 is 23.6 Å². The van der Waals surface area contributed by atoms with E-state index in [2.05, 4.69) is 5.32 Å². The molecule has 2 amide bonds. The Labute approximate surface area is 188 Å². The van der Waals surface area contributed by atoms with Gasteiger partial charge in [-0.15, -0.1) is 0 Å². The first kappa shape index (κ1) is 22.1. The number of anilines is 2. The van der Waals surface area contributed by atoms with Crippen LogP contribution < -0.4 is 15.0 Å². The first-order valence-electron chi connectivity index (χ1n) is 9.97. The fourth-order valence-corrected chi connectivity index (χ4v) is 3.49. The number of nitrogens with one attached hydrogen (secondary N) is 1. The summed E-state index contributed by atoms with van der Waals surface area (Å²) in [5.74, 6) is -0.667. The number of imide groups is 1. The van der Waals surface area contributed by atoms with E-state index in [0.29, 0.717) is 17.0 Å². The van der Waals surface area contributed by atoms with E-state index >= 15 is 0 Å². The van der Waals surface area contributed by atoms with E-state index in [4.69, 9.17) is 4.74 Å². The van der Waals surface area contributed by atoms with E-state index in [0.717, 1.165) is 34.7 Å². The molecule has 1 aliphatic rings. The summed E-state index contributed by atoms with van der Waals surface area (Å²) in [5, 5.41) is 3.00. The highest BCUT2D eigenvalue weighted by Gasteiger charge is 2.40. The van der Waals surface area contributed by atoms with Gasteiger partial charge in [-0.25, -0.2) is 4.90 Å². The molecule has 4 rings (SSSR count). The second kappa shape index (κ2) is 8.46. The van der Waals surface area contributed by atoms with E-state index in [9.17, 15) is 22.8 Å². The molecular weight excluding hydrogens is 433 g/mol. The zero-order valence-electron chi connectivity index (χ0n) is 17.7. The molecule has 5 nitrogen and oxygen atoms in total. The van der Waals surface area contributed by atoms with Gasteiger partial charge in [-0.1, -0.05) is 29.8 Å². The second-order valence-electron chi connectivity index (χ2n) is 7.46. The van der Waals surface area contributed by atoms with Crippen molar-refractivity contribution in [2.75, 3.05) is 17.3 Å². The van der Waals surface area contributed by atoms with E-state index in [1.807, 2.05) is 19.1 Å². The number of halogens is 3. The molecule has 33 heavy (non-hydrogen) atoms. The minimum absolute atomic E-state index is 0.0360. The Balaban J connectivity index is 1.75. The second-order valence-corrected chi connectivity index (χ2v) is 7.46. The van der Waals surface area contributed by atoms with Crippen molar-refractivity contribution in [3.63, 3.8) is 0 Å². The van der Waals surface area contributed by atoms with Crippen LogP contribution in [-0.2, 0) is 15.8 Å². The first-order chi connectivity index (χ1) is 15.7. The molecule has 3 aromatic carbocycles. The SMILES string of the molecule is COc1ccc(NC2=C(c3ccc(C)cc3)C(=O)N(c3ccc(C(F)(F)F)cc3)C2=O)cc1. The van der Waals surface area contributed by atoms with Crippen LogP contribution in [0.15, 0.2) is 78.5 Å². The summed E-state index contributed by atoms with van der Waals surface area (Å²) in [6.07, 6.45) is -4.52. The molecule has 8 heteroatoms. The fourth-order valence-electron chi connectivity index (χ4n) is 3.49. The van der Waals surface area contributed by atoms with Gasteiger partial charge in [-0.2, -0.15) is 13.2 Å². The Morgan fingerprint density at radius 2 is 1.42 bits per heavy atom. The van der Waals surface area contributed by atoms with Crippen LogP contribution >= 0.6 is 0 Å². The van der Waals surface area contributed by atoms with Gasteiger partial charge in [-0.05, 0) is 61.0 Å². The van der Waals surface area contributed by atoms with Crippen LogP contribution in [0.1, 0.15) is 16.7 Å². The van der Waals surface area contributed by atoms with Gasteiger partial charge in [0.2, 0.25) is 0 Å². The molecule has 1 N–H and O–H groups in total. The number of ether oxygens (including phenoxy) is 1. The van der Waals surface area contributed by atoms with Gasteiger partial charge in [0.25, 0.3) is 11.8 Å². The third-order valence-electron chi connectivity index (χ3n) is 5.24. The van der Waals surface area contributed by atoms with Crippen LogP contribution in [0.3, 0.4) is 0 Å². The number of amides is 2. The number of carbonyl (C=O) groups excluding carboxylic acids is 2. The molecule has 0 saturated carbocycles. The minimum atomic E-state index is -4.52. The summed E-state index contributed by atoms with van der Waals surface area (Å²) in [6.45, 7) is 1.89. The highest BCUT2D eigenvalue weighted by molar-refractivity contribution is 6.46. The normalized spacial score (nSPS) is 14.2. The van der Waals surface area contributed by atoms with Crippen LogP contribution in [0.25, 0.3) is 5.57 Å². The Morgan fingerprint density at radius 1 is 0.818 bits per heavy atom. The minimum Gasteiger partial charge on any atom is -0.497 e. The maximum atomic E-state index is 13.3. The zero-order valence-corrected chi connectivity index (χ0v) is 17.7. The lowest BCUT2D eigenvalue weighted by Gasteiger charge is -2.16. The number of alkyl halides is 3. The molecular formula is C25H19F3N2O3. The van der Waals surface area contributed by atoms with Crippen molar-refractivity contribution in [1.82, 2.24) is 0 Å². The standard InChI is InChI=1S/C25H19F3N2O3/c1-15-3-5-16(6-4-15)21-22(29-18-9-13-20(33-2)14-10-18)24(32)30(23(21)31)19-11-7-17(8-12-19)25(26,27)28/h3-14,29H,1-2H3. The van der Waals surface area contributed by atoms with Crippen LogP contribution in [0, 0.1) is 6.92 Å². The van der Waals surface area contributed by atoms with Crippen molar-refractivity contribution >= 4 is 28.8 Å². The van der Waals surface area contributed by atoms with Crippen LogP contribution in [0.2, 0.25) is 0 Å². The summed E-state index contributed by atoms with van der Waals surface area (Å²) >= 11 is 0. The average molecular weight is 452 g/mol. The number of rotatable bonds is 5. The molecule has 168 valence electrons. The number of methoxy groups -OCH3 is 1. The lowest BCUT2D eigenvalue weighted by molar-refractivity contribution is -0.137. The molecule has 0 bridgehead atoms. The Hall–Kier alpha value is -4.07. The van der Waals surface area contributed by atoms with Crippen LogP contribution in [0.4, 0.5) is 24.5 Å². The largest absolute Gasteiger partial charge is 0.497 e. The third-order valence-corrected chi connectivity index (χ3v) is 5.24. The molecule has 0 aliphatic carbocycles. The van der Waals surface area contributed by atoms with Gasteiger partial charge in [-0.3, -0.25) is 9.59 Å². The molecule has 0 unspecified atom stereocenters. The molecule has 1 aliphatic heterocycles. The summed E-state index contributed by atoms with van der Waals surface area (Å²) < 4.78 is 44.0. The number of hydrogen-bond acceptors (Lipinski definition) is 4. The van der Waals surface area contributed by atoms with E-state index in [1.165, 1.54) is 7.11 Å². The highest BCUT2D eigenvalue weighted by Crippen LogP contribution is 2.36. The molecule has 0 radical (unpaired) electrons. The monoisotopic (exact) mass is 452 g/mol. The number of nitrogens with zero attached hydrogens (tertiary/aromatic N) is 1. The van der Waals surface area contributed by atoms with Gasteiger partial charge in [0.1, 0.15) is 11.4 Å². The lowest BCUT2D eigenvalue weighted by atomic mass is 10.0. The van der Waals surface area contributed by atoms with Gasteiger partial charge in [0, 0.05) is 5.69 Å². The van der Waals surface area contributed by atoms with Gasteiger partial charge in [0.15, 0.2) is 0 Å². The predicted octanol–water partition coefficient (Wildman–Crippen LogP) is 5.42. The Kier molecular flexibility index (Phi) is 5.68. The predicted molar refractivity (Wildman–Crippen MR) is 119 cm³/mol. The van der Waals surface area contributed by atoms with Crippen molar-refractivity contribution in [3.8, 4) is 5.75 Å². The highest BCUT2D eigenvalue weighted by atomic mass is 19.4. The van der Waals surface area contributed by atoms with E-state index in [1.54, 1.807) is 36.4 Å². The molecule has 0 saturated heterocycles. The van der Waals surface area contributed by atoms with Crippen molar-refractivity contribution in [3.05, 3.63) is 95.2 Å². The zero-order chi connectivity index (χ0) is 23.8. The molecule has 1 heterocycles. The third kappa shape index (κ3) is 4.32. The topological polar surface area (TPSA) is 58.6 Å². The summed E-state index contributed by atoms with van der Waals surface area (Å²) in [5.41, 5.74) is 1.39. The summed E-state index contributed by atoms with van der Waals surface area (Å²) in [4.78, 5) is 27.5. The van der Waals surface area contributed by atoms with Crippen LogP contribution in [0.5, 0.6) is 5.75 Å². The van der Waals surface area contributed by atoms with Gasteiger partial charge in [0.05, 0.1) is 23.9 Å². The van der Waals surface area contributed by atoms with Crippen molar-refractivity contribution < 1.29 is 27.5 Å². The van der Waals surface area contributed by atoms with E-state index in [-0.39, 0.29) is 17.0 Å². The number of hydrogen-bond donors (Lipinski definition) is 1. The smallest absolute Gasteiger partial charge is 0.416 e. The molecule has 0 spiro atoms. The number of aryl methyl sites for hydroxylation is 1. The lowest BCUT2D eigenvalue weighted by Crippen LogP contribution is -2.32. The van der Waals surface area contributed by atoms with Crippen molar-refractivity contribution in [1.29, 1.82) is 0 Å². The molecule has 3 aromatic rings. The fraction of sp³-hybridized carbons (Fsp3) is 0.120. The first-order valence-corrected chi connectivity index (χ1v) is 9.97. The Morgan fingerprint density at radius 3 is 1.97 bits per heavy atom. The number of benzene rings is 3. The number of carbonyl (C=O) groups is 2.